The first-order valence-corrected chi connectivity index (χ1v) is 8.53. The first kappa shape index (κ1) is 13.4. The molecule has 19 heavy (non-hydrogen) atoms. The van der Waals surface area contributed by atoms with Crippen molar-refractivity contribution in [1.29, 1.82) is 0 Å². The van der Waals surface area contributed by atoms with E-state index in [0.29, 0.717) is 6.04 Å². The Morgan fingerprint density at radius 3 is 2.79 bits per heavy atom. The SMILES string of the molecule is Fc1ccc(N2CCC[C@H]3CCCC[C@H]32)c(CBr)c1. The molecular weight excluding hydrogens is 305 g/mol. The van der Waals surface area contributed by atoms with Crippen molar-refractivity contribution in [2.24, 2.45) is 5.92 Å². The van der Waals surface area contributed by atoms with E-state index in [2.05, 4.69) is 20.8 Å². The molecule has 1 saturated heterocycles. The van der Waals surface area contributed by atoms with E-state index in [1.165, 1.54) is 44.2 Å². The summed E-state index contributed by atoms with van der Waals surface area (Å²) in [5.74, 6) is 0.728. The van der Waals surface area contributed by atoms with Gasteiger partial charge < -0.3 is 4.90 Å². The second-order valence-corrected chi connectivity index (χ2v) is 6.41. The maximum atomic E-state index is 13.4. The van der Waals surface area contributed by atoms with E-state index in [4.69, 9.17) is 0 Å². The zero-order valence-electron chi connectivity index (χ0n) is 11.2. The Balaban J connectivity index is 1.91. The molecule has 0 radical (unpaired) electrons. The van der Waals surface area contributed by atoms with Gasteiger partial charge >= 0.3 is 0 Å². The number of hydrogen-bond donors (Lipinski definition) is 0. The van der Waals surface area contributed by atoms with Gasteiger partial charge in [0.15, 0.2) is 0 Å². The molecule has 1 aromatic rings. The number of halogens is 2. The number of hydrogen-bond acceptors (Lipinski definition) is 1. The van der Waals surface area contributed by atoms with Gasteiger partial charge in [0.2, 0.25) is 0 Å². The molecule has 2 atom stereocenters. The Hall–Kier alpha value is -0.570. The molecule has 3 heteroatoms. The fourth-order valence-electron chi connectivity index (χ4n) is 3.87. The maximum absolute atomic E-state index is 13.4. The number of piperidine rings is 1. The molecule has 0 N–H and O–H groups in total. The average Bonchev–Trinajstić information content (AvgIpc) is 2.46. The molecule has 1 heterocycles. The molecule has 2 aliphatic rings. The minimum atomic E-state index is -0.129. The Morgan fingerprint density at radius 1 is 1.16 bits per heavy atom. The quantitative estimate of drug-likeness (QED) is 0.700. The second kappa shape index (κ2) is 5.82. The Morgan fingerprint density at radius 2 is 1.95 bits per heavy atom. The number of rotatable bonds is 2. The van der Waals surface area contributed by atoms with Crippen LogP contribution in [-0.2, 0) is 5.33 Å². The lowest BCUT2D eigenvalue weighted by atomic mass is 9.78. The highest BCUT2D eigenvalue weighted by molar-refractivity contribution is 9.08. The molecule has 0 amide bonds. The van der Waals surface area contributed by atoms with Gasteiger partial charge in [-0.25, -0.2) is 4.39 Å². The summed E-state index contributed by atoms with van der Waals surface area (Å²) in [5, 5.41) is 0.730. The van der Waals surface area contributed by atoms with E-state index in [1.807, 2.05) is 6.07 Å². The number of nitrogens with zero attached hydrogens (tertiary/aromatic N) is 1. The van der Waals surface area contributed by atoms with E-state index in [-0.39, 0.29) is 5.82 Å². The third kappa shape index (κ3) is 2.67. The molecule has 1 aliphatic heterocycles. The van der Waals surface area contributed by atoms with Crippen LogP contribution in [0.3, 0.4) is 0 Å². The smallest absolute Gasteiger partial charge is 0.123 e. The van der Waals surface area contributed by atoms with Gasteiger partial charge in [-0.2, -0.15) is 0 Å². The van der Waals surface area contributed by atoms with Crippen molar-refractivity contribution in [2.45, 2.75) is 49.9 Å². The minimum absolute atomic E-state index is 0.129. The summed E-state index contributed by atoms with van der Waals surface area (Å²) < 4.78 is 13.4. The van der Waals surface area contributed by atoms with Crippen molar-refractivity contribution in [3.05, 3.63) is 29.6 Å². The standard InChI is InChI=1S/C16H21BrFN/c17-11-13-10-14(18)7-8-16(13)19-9-3-5-12-4-1-2-6-15(12)19/h7-8,10,12,15H,1-6,9,11H2/t12-,15-/m1/s1. The normalized spacial score (nSPS) is 27.2. The summed E-state index contributed by atoms with van der Waals surface area (Å²) >= 11 is 3.50. The molecule has 1 nitrogen and oxygen atoms in total. The van der Waals surface area contributed by atoms with Crippen LogP contribution in [0.15, 0.2) is 18.2 Å². The average molecular weight is 326 g/mol. The lowest BCUT2D eigenvalue weighted by Gasteiger charge is -2.46. The highest BCUT2D eigenvalue weighted by atomic mass is 79.9. The van der Waals surface area contributed by atoms with E-state index in [0.717, 1.165) is 23.4 Å². The maximum Gasteiger partial charge on any atom is 0.123 e. The van der Waals surface area contributed by atoms with Crippen LogP contribution in [-0.4, -0.2) is 12.6 Å². The minimum Gasteiger partial charge on any atom is -0.368 e. The van der Waals surface area contributed by atoms with Gasteiger partial charge in [0.25, 0.3) is 0 Å². The Labute approximate surface area is 123 Å². The van der Waals surface area contributed by atoms with Crippen molar-refractivity contribution in [3.8, 4) is 0 Å². The first-order valence-electron chi connectivity index (χ1n) is 7.40. The zero-order chi connectivity index (χ0) is 13.2. The van der Waals surface area contributed by atoms with E-state index in [9.17, 15) is 4.39 Å². The second-order valence-electron chi connectivity index (χ2n) is 5.85. The monoisotopic (exact) mass is 325 g/mol. The molecule has 0 bridgehead atoms. The summed E-state index contributed by atoms with van der Waals surface area (Å²) in [6.45, 7) is 1.13. The molecule has 0 aromatic heterocycles. The summed E-state index contributed by atoms with van der Waals surface area (Å²) in [7, 11) is 0. The first-order chi connectivity index (χ1) is 9.29. The number of alkyl halides is 1. The lowest BCUT2D eigenvalue weighted by molar-refractivity contribution is 0.243. The van der Waals surface area contributed by atoms with E-state index < -0.39 is 0 Å². The largest absolute Gasteiger partial charge is 0.368 e. The van der Waals surface area contributed by atoms with Gasteiger partial charge in [-0.1, -0.05) is 28.8 Å². The van der Waals surface area contributed by atoms with Crippen LogP contribution in [0, 0.1) is 11.7 Å². The molecule has 104 valence electrons. The Bertz CT molecular complexity index is 446. The van der Waals surface area contributed by atoms with Gasteiger partial charge in [0.1, 0.15) is 5.82 Å². The molecule has 1 aromatic carbocycles. The van der Waals surface area contributed by atoms with Crippen molar-refractivity contribution in [3.63, 3.8) is 0 Å². The van der Waals surface area contributed by atoms with Crippen LogP contribution in [0.25, 0.3) is 0 Å². The summed E-state index contributed by atoms with van der Waals surface area (Å²) in [6.07, 6.45) is 8.09. The third-order valence-electron chi connectivity index (χ3n) is 4.74. The number of benzene rings is 1. The third-order valence-corrected chi connectivity index (χ3v) is 5.34. The predicted octanol–water partition coefficient (Wildman–Crippen LogP) is 4.88. The fourth-order valence-corrected chi connectivity index (χ4v) is 4.31. The van der Waals surface area contributed by atoms with Crippen LogP contribution < -0.4 is 4.90 Å². The number of anilines is 1. The molecule has 3 rings (SSSR count). The van der Waals surface area contributed by atoms with Gasteiger partial charge in [-0.15, -0.1) is 0 Å². The van der Waals surface area contributed by atoms with Crippen LogP contribution >= 0.6 is 15.9 Å². The summed E-state index contributed by atoms with van der Waals surface area (Å²) in [4.78, 5) is 2.56. The summed E-state index contributed by atoms with van der Waals surface area (Å²) in [6, 6.07) is 5.94. The Kier molecular flexibility index (Phi) is 4.11. The highest BCUT2D eigenvalue weighted by Gasteiger charge is 2.33. The fraction of sp³-hybridized carbons (Fsp3) is 0.625. The molecule has 0 unspecified atom stereocenters. The van der Waals surface area contributed by atoms with Crippen molar-refractivity contribution in [2.75, 3.05) is 11.4 Å². The van der Waals surface area contributed by atoms with E-state index in [1.54, 1.807) is 12.1 Å². The van der Waals surface area contributed by atoms with Crippen molar-refractivity contribution >= 4 is 21.6 Å². The van der Waals surface area contributed by atoms with Crippen LogP contribution in [0.5, 0.6) is 0 Å². The predicted molar refractivity (Wildman–Crippen MR) is 81.4 cm³/mol. The molecule has 1 saturated carbocycles. The van der Waals surface area contributed by atoms with Crippen LogP contribution in [0.4, 0.5) is 10.1 Å². The topological polar surface area (TPSA) is 3.24 Å². The van der Waals surface area contributed by atoms with Gasteiger partial charge in [-0.05, 0) is 55.4 Å². The molecular formula is C16H21BrFN. The number of fused-ring (bicyclic) bond motifs is 1. The lowest BCUT2D eigenvalue weighted by Crippen LogP contribution is -2.47. The molecule has 2 fully saturated rings. The van der Waals surface area contributed by atoms with Crippen LogP contribution in [0.1, 0.15) is 44.1 Å². The van der Waals surface area contributed by atoms with Crippen molar-refractivity contribution in [1.82, 2.24) is 0 Å². The molecule has 0 spiro atoms. The van der Waals surface area contributed by atoms with Gasteiger partial charge in [0, 0.05) is 23.6 Å². The summed E-state index contributed by atoms with van der Waals surface area (Å²) in [5.41, 5.74) is 2.33. The zero-order valence-corrected chi connectivity index (χ0v) is 12.8. The molecule has 1 aliphatic carbocycles. The van der Waals surface area contributed by atoms with Crippen molar-refractivity contribution < 1.29 is 4.39 Å². The van der Waals surface area contributed by atoms with Gasteiger partial charge in [-0.3, -0.25) is 0 Å². The van der Waals surface area contributed by atoms with Gasteiger partial charge in [0.05, 0.1) is 0 Å². The van der Waals surface area contributed by atoms with Crippen LogP contribution in [0.2, 0.25) is 0 Å². The van der Waals surface area contributed by atoms with E-state index >= 15 is 0 Å². The highest BCUT2D eigenvalue weighted by Crippen LogP contribution is 2.39.